The lowest BCUT2D eigenvalue weighted by Gasteiger charge is -2.37. The van der Waals surface area contributed by atoms with E-state index >= 15 is 0 Å². The molecule has 1 aliphatic carbocycles. The van der Waals surface area contributed by atoms with Gasteiger partial charge in [-0.05, 0) is 85.3 Å². The Labute approximate surface area is 251 Å². The third kappa shape index (κ3) is 5.67. The minimum Gasteiger partial charge on any atom is -0.490 e. The van der Waals surface area contributed by atoms with Crippen LogP contribution in [0.1, 0.15) is 47.6 Å². The van der Waals surface area contributed by atoms with E-state index in [1.807, 2.05) is 19.1 Å². The second kappa shape index (κ2) is 11.7. The number of hydrogen-bond donors (Lipinski definition) is 1. The number of ether oxygens (including phenoxy) is 1. The zero-order valence-electron chi connectivity index (χ0n) is 23.3. The molecule has 0 amide bonds. The van der Waals surface area contributed by atoms with E-state index in [0.717, 1.165) is 17.7 Å². The van der Waals surface area contributed by atoms with Crippen LogP contribution in [-0.2, 0) is 10.1 Å². The maximum atomic E-state index is 12.9. The molecule has 2 aliphatic rings. The van der Waals surface area contributed by atoms with E-state index in [2.05, 4.69) is 58.9 Å². The Morgan fingerprint density at radius 2 is 1.79 bits per heavy atom. The van der Waals surface area contributed by atoms with Gasteiger partial charge in [0, 0.05) is 17.8 Å². The number of rotatable bonds is 8. The lowest BCUT2D eigenvalue weighted by Crippen LogP contribution is -2.28. The summed E-state index contributed by atoms with van der Waals surface area (Å²) in [5.41, 5.74) is 6.16. The number of benzene rings is 4. The standard InChI is InChI=1S/C34H31ClN2O4S/c1-3-40-32-20-23(19-30(35)34(32)41-42(38,39)26-17-11-22(2)12-18-26)21-36-25-15-13-24(14-16-25)33-29-9-6-8-27(29)28-7-4-5-10-31(28)37-33/h4-8,10-21,27,29,33,37H,3,9H2,1-2H3/t27-,29+,33-/m0/s1. The average molecular weight is 599 g/mol. The van der Waals surface area contributed by atoms with Gasteiger partial charge in [-0.1, -0.05) is 71.8 Å². The van der Waals surface area contributed by atoms with Crippen molar-refractivity contribution in [3.05, 3.63) is 124 Å². The molecule has 4 aromatic carbocycles. The van der Waals surface area contributed by atoms with Gasteiger partial charge >= 0.3 is 10.1 Å². The van der Waals surface area contributed by atoms with Gasteiger partial charge in [0.05, 0.1) is 23.4 Å². The second-order valence-corrected chi connectivity index (χ2v) is 12.5. The van der Waals surface area contributed by atoms with Gasteiger partial charge in [0.15, 0.2) is 5.75 Å². The maximum absolute atomic E-state index is 12.9. The molecule has 0 unspecified atom stereocenters. The molecule has 214 valence electrons. The first-order chi connectivity index (χ1) is 20.3. The van der Waals surface area contributed by atoms with Crippen molar-refractivity contribution in [2.45, 2.75) is 37.1 Å². The highest BCUT2D eigenvalue weighted by Gasteiger charge is 2.37. The van der Waals surface area contributed by atoms with Gasteiger partial charge < -0.3 is 14.2 Å². The molecule has 6 nitrogen and oxygen atoms in total. The predicted molar refractivity (Wildman–Crippen MR) is 168 cm³/mol. The van der Waals surface area contributed by atoms with E-state index in [1.165, 1.54) is 28.9 Å². The van der Waals surface area contributed by atoms with Crippen LogP contribution in [0.2, 0.25) is 5.02 Å². The number of aryl methyl sites for hydroxylation is 1. The fourth-order valence-corrected chi connectivity index (χ4v) is 6.92. The van der Waals surface area contributed by atoms with E-state index in [9.17, 15) is 8.42 Å². The largest absolute Gasteiger partial charge is 0.490 e. The Morgan fingerprint density at radius 3 is 2.55 bits per heavy atom. The van der Waals surface area contributed by atoms with Crippen LogP contribution in [0, 0.1) is 12.8 Å². The van der Waals surface area contributed by atoms with Gasteiger partial charge in [-0.25, -0.2) is 0 Å². The van der Waals surface area contributed by atoms with Gasteiger partial charge in [-0.3, -0.25) is 4.99 Å². The number of halogens is 1. The number of anilines is 1. The SMILES string of the molecule is CCOc1cc(C=Nc2ccc([C@@H]3Nc4ccccc4[C@@H]4C=CC[C@H]43)cc2)cc(Cl)c1OS(=O)(=O)c1ccc(C)cc1. The molecule has 0 fully saturated rings. The summed E-state index contributed by atoms with van der Waals surface area (Å²) in [4.78, 5) is 4.67. The van der Waals surface area contributed by atoms with Crippen molar-refractivity contribution >= 4 is 39.3 Å². The van der Waals surface area contributed by atoms with E-state index in [4.69, 9.17) is 20.5 Å². The summed E-state index contributed by atoms with van der Waals surface area (Å²) in [5, 5.41) is 3.87. The average Bonchev–Trinajstić information content (AvgIpc) is 3.49. The van der Waals surface area contributed by atoms with E-state index in [1.54, 1.807) is 37.4 Å². The summed E-state index contributed by atoms with van der Waals surface area (Å²) < 4.78 is 37.0. The first kappa shape index (κ1) is 28.1. The van der Waals surface area contributed by atoms with E-state index in [-0.39, 0.29) is 27.5 Å². The number of para-hydroxylation sites is 1. The topological polar surface area (TPSA) is 77.0 Å². The number of fused-ring (bicyclic) bond motifs is 3. The Kier molecular flexibility index (Phi) is 7.80. The molecule has 0 saturated carbocycles. The zero-order valence-corrected chi connectivity index (χ0v) is 24.9. The molecule has 1 heterocycles. The van der Waals surface area contributed by atoms with Crippen molar-refractivity contribution in [1.82, 2.24) is 0 Å². The van der Waals surface area contributed by atoms with E-state index < -0.39 is 10.1 Å². The monoisotopic (exact) mass is 598 g/mol. The lowest BCUT2D eigenvalue weighted by atomic mass is 9.77. The fraction of sp³-hybridized carbons (Fsp3) is 0.206. The van der Waals surface area contributed by atoms with Crippen molar-refractivity contribution in [1.29, 1.82) is 0 Å². The Hall–Kier alpha value is -4.07. The van der Waals surface area contributed by atoms with Crippen LogP contribution in [0.15, 0.2) is 107 Å². The highest BCUT2D eigenvalue weighted by molar-refractivity contribution is 7.87. The number of nitrogens with zero attached hydrogens (tertiary/aromatic N) is 1. The molecule has 1 N–H and O–H groups in total. The van der Waals surface area contributed by atoms with Crippen molar-refractivity contribution in [3.8, 4) is 11.5 Å². The summed E-state index contributed by atoms with van der Waals surface area (Å²) in [5.74, 6) is 1.07. The molecule has 0 radical (unpaired) electrons. The Balaban J connectivity index is 1.21. The molecule has 0 spiro atoms. The van der Waals surface area contributed by atoms with Crippen molar-refractivity contribution < 1.29 is 17.3 Å². The number of allylic oxidation sites excluding steroid dienone is 2. The molecule has 0 bridgehead atoms. The van der Waals surface area contributed by atoms with Crippen LogP contribution in [0.25, 0.3) is 0 Å². The molecule has 1 aliphatic heterocycles. The van der Waals surface area contributed by atoms with Gasteiger partial charge in [0.25, 0.3) is 0 Å². The van der Waals surface area contributed by atoms with Gasteiger partial charge in [-0.2, -0.15) is 8.42 Å². The third-order valence-corrected chi connectivity index (χ3v) is 9.24. The smallest absolute Gasteiger partial charge is 0.339 e. The van der Waals surface area contributed by atoms with Crippen LogP contribution in [0.5, 0.6) is 11.5 Å². The van der Waals surface area contributed by atoms with Gasteiger partial charge in [-0.15, -0.1) is 0 Å². The number of hydrogen-bond acceptors (Lipinski definition) is 6. The van der Waals surface area contributed by atoms with Crippen LogP contribution >= 0.6 is 11.6 Å². The minimum absolute atomic E-state index is 0.0352. The molecule has 4 aromatic rings. The molecule has 8 heteroatoms. The zero-order chi connectivity index (χ0) is 29.3. The molecule has 3 atom stereocenters. The van der Waals surface area contributed by atoms with Crippen LogP contribution in [-0.4, -0.2) is 21.2 Å². The highest BCUT2D eigenvalue weighted by atomic mass is 35.5. The third-order valence-electron chi connectivity index (χ3n) is 7.72. The van der Waals surface area contributed by atoms with Crippen molar-refractivity contribution in [3.63, 3.8) is 0 Å². The summed E-state index contributed by atoms with van der Waals surface area (Å²) in [6.45, 7) is 3.99. The molecule has 0 saturated heterocycles. The summed E-state index contributed by atoms with van der Waals surface area (Å²) in [6, 6.07) is 26.7. The first-order valence-corrected chi connectivity index (χ1v) is 15.7. The second-order valence-electron chi connectivity index (χ2n) is 10.5. The molecule has 0 aromatic heterocycles. The molecule has 6 rings (SSSR count). The van der Waals surface area contributed by atoms with Crippen LogP contribution < -0.4 is 14.2 Å². The minimum atomic E-state index is -4.10. The summed E-state index contributed by atoms with van der Waals surface area (Å²) in [7, 11) is -4.10. The molecule has 42 heavy (non-hydrogen) atoms. The van der Waals surface area contributed by atoms with Gasteiger partial charge in [0.1, 0.15) is 4.90 Å². The molecular formula is C34H31ClN2O4S. The Bertz CT molecular complexity index is 1770. The Morgan fingerprint density at radius 1 is 1.02 bits per heavy atom. The predicted octanol–water partition coefficient (Wildman–Crippen LogP) is 8.39. The van der Waals surface area contributed by atoms with Crippen molar-refractivity contribution in [2.75, 3.05) is 11.9 Å². The normalized spacial score (nSPS) is 19.3. The maximum Gasteiger partial charge on any atom is 0.339 e. The van der Waals surface area contributed by atoms with Gasteiger partial charge in [0.2, 0.25) is 5.75 Å². The number of nitrogens with one attached hydrogen (secondary N) is 1. The first-order valence-electron chi connectivity index (χ1n) is 14.0. The molecular weight excluding hydrogens is 568 g/mol. The quantitative estimate of drug-likeness (QED) is 0.125. The lowest BCUT2D eigenvalue weighted by molar-refractivity contribution is 0.327. The highest BCUT2D eigenvalue weighted by Crippen LogP contribution is 2.49. The van der Waals surface area contributed by atoms with Crippen LogP contribution in [0.4, 0.5) is 11.4 Å². The summed E-state index contributed by atoms with van der Waals surface area (Å²) >= 11 is 6.51. The van der Waals surface area contributed by atoms with E-state index in [0.29, 0.717) is 24.0 Å². The summed E-state index contributed by atoms with van der Waals surface area (Å²) in [6.07, 6.45) is 7.35. The fourth-order valence-electron chi connectivity index (χ4n) is 5.66. The van der Waals surface area contributed by atoms with Crippen molar-refractivity contribution in [2.24, 2.45) is 10.9 Å². The van der Waals surface area contributed by atoms with Crippen LogP contribution in [0.3, 0.4) is 0 Å². The number of aliphatic imine (C=N–C) groups is 1.